The quantitative estimate of drug-likeness (QED) is 0.645. The molecule has 1 aliphatic carbocycles. The maximum absolute atomic E-state index is 13.4. The maximum atomic E-state index is 13.4. The van der Waals surface area contributed by atoms with Gasteiger partial charge >= 0.3 is 0 Å². The van der Waals surface area contributed by atoms with Crippen molar-refractivity contribution in [2.24, 2.45) is 0 Å². The molecule has 8 heteroatoms. The molecule has 0 radical (unpaired) electrons. The van der Waals surface area contributed by atoms with E-state index in [1.807, 2.05) is 18.2 Å². The number of aromatic hydroxyl groups is 1. The van der Waals surface area contributed by atoms with Gasteiger partial charge < -0.3 is 24.6 Å². The zero-order valence-corrected chi connectivity index (χ0v) is 19.5. The van der Waals surface area contributed by atoms with Gasteiger partial charge in [0, 0.05) is 30.0 Å². The first-order valence-electron chi connectivity index (χ1n) is 10.8. The highest BCUT2D eigenvalue weighted by Gasteiger charge is 2.38. The van der Waals surface area contributed by atoms with Gasteiger partial charge in [-0.2, -0.15) is 0 Å². The molecule has 0 saturated carbocycles. The summed E-state index contributed by atoms with van der Waals surface area (Å²) in [5, 5.41) is 13.2. The van der Waals surface area contributed by atoms with Crippen molar-refractivity contribution in [3.05, 3.63) is 57.8 Å². The highest BCUT2D eigenvalue weighted by molar-refractivity contribution is 6.32. The number of Topliss-reactive ketones (excluding diaryl/α,β-unsaturated/α-hetero) is 1. The average Bonchev–Trinajstić information content (AvgIpc) is 2.80. The summed E-state index contributed by atoms with van der Waals surface area (Å²) in [5.74, 6) is 0.547. The third-order valence-electron chi connectivity index (χ3n) is 6.17. The molecule has 174 valence electrons. The first kappa shape index (κ1) is 23.0. The van der Waals surface area contributed by atoms with Crippen LogP contribution in [0.3, 0.4) is 0 Å². The molecule has 2 aromatic carbocycles. The van der Waals surface area contributed by atoms with Gasteiger partial charge in [-0.15, -0.1) is 0 Å². The second-order valence-electron chi connectivity index (χ2n) is 8.12. The molecule has 4 rings (SSSR count). The molecule has 0 unspecified atom stereocenters. The van der Waals surface area contributed by atoms with Crippen molar-refractivity contribution in [3.63, 3.8) is 0 Å². The Labute approximate surface area is 197 Å². The highest BCUT2D eigenvalue weighted by Crippen LogP contribution is 2.46. The molecule has 2 atom stereocenters. The van der Waals surface area contributed by atoms with Crippen molar-refractivity contribution < 1.29 is 28.9 Å². The number of ether oxygens (including phenoxy) is 3. The van der Waals surface area contributed by atoms with Crippen LogP contribution in [0.4, 0.5) is 0 Å². The number of methoxy groups -OCH3 is 2. The number of carbonyl (C=O) groups is 2. The van der Waals surface area contributed by atoms with Gasteiger partial charge in [0.15, 0.2) is 28.8 Å². The van der Waals surface area contributed by atoms with Crippen LogP contribution in [0.15, 0.2) is 41.6 Å². The lowest BCUT2D eigenvalue weighted by molar-refractivity contribution is -0.122. The second-order valence-corrected chi connectivity index (χ2v) is 8.53. The molecule has 1 aliphatic heterocycles. The van der Waals surface area contributed by atoms with E-state index in [1.165, 1.54) is 0 Å². The molecular formula is C25H26ClNO6. The van der Waals surface area contributed by atoms with Gasteiger partial charge in [0.1, 0.15) is 0 Å². The van der Waals surface area contributed by atoms with Crippen molar-refractivity contribution in [2.75, 3.05) is 20.8 Å². The maximum Gasteiger partial charge on any atom is 0.225 e. The van der Waals surface area contributed by atoms with E-state index in [1.54, 1.807) is 33.3 Å². The van der Waals surface area contributed by atoms with Crippen LogP contribution in [0.1, 0.15) is 49.1 Å². The molecule has 0 spiro atoms. The first-order valence-corrected chi connectivity index (χ1v) is 11.2. The SMILES string of the molecule is CCOc1cc([C@@H]2CC(=O)NC3=C2C(=O)C[C@@H](c2ccc(OC)c(OC)c2)C3)cc(Cl)c1O. The van der Waals surface area contributed by atoms with E-state index in [-0.39, 0.29) is 40.6 Å². The van der Waals surface area contributed by atoms with E-state index in [0.29, 0.717) is 47.8 Å². The van der Waals surface area contributed by atoms with Crippen LogP contribution in [-0.4, -0.2) is 37.6 Å². The number of ketones is 1. The lowest BCUT2D eigenvalue weighted by atomic mass is 9.73. The van der Waals surface area contributed by atoms with E-state index in [0.717, 1.165) is 5.56 Å². The van der Waals surface area contributed by atoms with Crippen LogP contribution >= 0.6 is 11.6 Å². The smallest absolute Gasteiger partial charge is 0.225 e. The van der Waals surface area contributed by atoms with Crippen molar-refractivity contribution in [2.45, 2.75) is 38.0 Å². The molecule has 33 heavy (non-hydrogen) atoms. The fraction of sp³-hybridized carbons (Fsp3) is 0.360. The predicted octanol–water partition coefficient (Wildman–Crippen LogP) is 4.47. The summed E-state index contributed by atoms with van der Waals surface area (Å²) in [5.41, 5.74) is 2.83. The Morgan fingerprint density at radius 3 is 2.42 bits per heavy atom. The summed E-state index contributed by atoms with van der Waals surface area (Å²) >= 11 is 6.22. The van der Waals surface area contributed by atoms with Gasteiger partial charge in [-0.05, 0) is 54.7 Å². The Morgan fingerprint density at radius 2 is 1.73 bits per heavy atom. The Balaban J connectivity index is 1.71. The van der Waals surface area contributed by atoms with Crippen LogP contribution in [0.5, 0.6) is 23.0 Å². The van der Waals surface area contributed by atoms with Gasteiger partial charge in [0.05, 0.1) is 25.8 Å². The number of carbonyl (C=O) groups excluding carboxylic acids is 2. The molecule has 7 nitrogen and oxygen atoms in total. The van der Waals surface area contributed by atoms with Crippen molar-refractivity contribution >= 4 is 23.3 Å². The van der Waals surface area contributed by atoms with Crippen LogP contribution in [0, 0.1) is 0 Å². The zero-order chi connectivity index (χ0) is 23.7. The monoisotopic (exact) mass is 471 g/mol. The summed E-state index contributed by atoms with van der Waals surface area (Å²) in [6, 6.07) is 8.87. The third-order valence-corrected chi connectivity index (χ3v) is 6.46. The molecule has 2 aromatic rings. The number of benzene rings is 2. The molecule has 0 bridgehead atoms. The molecular weight excluding hydrogens is 446 g/mol. The standard InChI is InChI=1S/C25H26ClNO6/c1-4-33-22-11-15(7-17(26)25(22)30)16-12-23(29)27-18-8-14(9-19(28)24(16)18)13-5-6-20(31-2)21(10-13)32-3/h5-7,10-11,14,16,30H,4,8-9,12H2,1-3H3,(H,27,29)/t14-,16-/m0/s1. The number of hydrogen-bond acceptors (Lipinski definition) is 6. The van der Waals surface area contributed by atoms with E-state index in [9.17, 15) is 14.7 Å². The lowest BCUT2D eigenvalue weighted by Crippen LogP contribution is -2.38. The fourth-order valence-electron chi connectivity index (χ4n) is 4.65. The van der Waals surface area contributed by atoms with E-state index < -0.39 is 5.92 Å². The van der Waals surface area contributed by atoms with E-state index in [2.05, 4.69) is 5.32 Å². The van der Waals surface area contributed by atoms with Gasteiger partial charge in [0.25, 0.3) is 0 Å². The Hall–Kier alpha value is -3.19. The minimum Gasteiger partial charge on any atom is -0.503 e. The van der Waals surface area contributed by atoms with Crippen LogP contribution in [0.25, 0.3) is 0 Å². The number of phenolic OH excluding ortho intramolecular Hbond substituents is 1. The summed E-state index contributed by atoms with van der Waals surface area (Å²) in [7, 11) is 3.14. The number of rotatable bonds is 6. The predicted molar refractivity (Wildman–Crippen MR) is 123 cm³/mol. The van der Waals surface area contributed by atoms with E-state index >= 15 is 0 Å². The number of allylic oxidation sites excluding steroid dienone is 2. The Kier molecular flexibility index (Phi) is 6.51. The molecule has 1 heterocycles. The van der Waals surface area contributed by atoms with Crippen molar-refractivity contribution in [3.8, 4) is 23.0 Å². The number of hydrogen-bond donors (Lipinski definition) is 2. The van der Waals surface area contributed by atoms with Gasteiger partial charge in [-0.1, -0.05) is 17.7 Å². The van der Waals surface area contributed by atoms with Crippen molar-refractivity contribution in [1.82, 2.24) is 5.32 Å². The second kappa shape index (κ2) is 9.35. The highest BCUT2D eigenvalue weighted by atomic mass is 35.5. The topological polar surface area (TPSA) is 94.1 Å². The van der Waals surface area contributed by atoms with Crippen LogP contribution < -0.4 is 19.5 Å². The number of nitrogens with one attached hydrogen (secondary N) is 1. The Morgan fingerprint density at radius 1 is 1.00 bits per heavy atom. The lowest BCUT2D eigenvalue weighted by Gasteiger charge is -2.34. The first-order chi connectivity index (χ1) is 15.9. The molecule has 2 N–H and O–H groups in total. The third kappa shape index (κ3) is 4.37. The molecule has 0 fully saturated rings. The van der Waals surface area contributed by atoms with E-state index in [4.69, 9.17) is 25.8 Å². The largest absolute Gasteiger partial charge is 0.503 e. The van der Waals surface area contributed by atoms with Gasteiger partial charge in [0.2, 0.25) is 5.91 Å². The van der Waals surface area contributed by atoms with Crippen molar-refractivity contribution in [1.29, 1.82) is 0 Å². The zero-order valence-electron chi connectivity index (χ0n) is 18.7. The summed E-state index contributed by atoms with van der Waals surface area (Å²) in [6.45, 7) is 2.14. The number of amides is 1. The average molecular weight is 472 g/mol. The molecule has 2 aliphatic rings. The summed E-state index contributed by atoms with van der Waals surface area (Å²) in [4.78, 5) is 26.0. The van der Waals surface area contributed by atoms with Gasteiger partial charge in [-0.3, -0.25) is 9.59 Å². The van der Waals surface area contributed by atoms with Gasteiger partial charge in [-0.25, -0.2) is 0 Å². The van der Waals surface area contributed by atoms with Crippen LogP contribution in [-0.2, 0) is 9.59 Å². The number of halogens is 1. The molecule has 1 amide bonds. The molecule has 0 aromatic heterocycles. The van der Waals surface area contributed by atoms with Crippen LogP contribution in [0.2, 0.25) is 5.02 Å². The fourth-order valence-corrected chi connectivity index (χ4v) is 4.87. The molecule has 0 saturated heterocycles. The summed E-state index contributed by atoms with van der Waals surface area (Å²) in [6.07, 6.45) is 0.950. The normalized spacial score (nSPS) is 20.2. The minimum absolute atomic E-state index is 0.0248. The summed E-state index contributed by atoms with van der Waals surface area (Å²) < 4.78 is 16.2. The number of phenols is 1. The Bertz CT molecular complexity index is 1140. The minimum atomic E-state index is -0.454.